The molecule has 0 unspecified atom stereocenters. The summed E-state index contributed by atoms with van der Waals surface area (Å²) in [5.74, 6) is 0. The first kappa shape index (κ1) is 7.56. The molecular weight excluding hydrogens is 120 g/mol. The van der Waals surface area contributed by atoms with Gasteiger partial charge in [-0.15, -0.1) is 0 Å². The molecule has 0 aromatic rings. The predicted molar refractivity (Wildman–Crippen MR) is 40.0 cm³/mol. The lowest BCUT2D eigenvalue weighted by Gasteiger charge is -1.81. The van der Waals surface area contributed by atoms with E-state index in [9.17, 15) is 0 Å². The van der Waals surface area contributed by atoms with Crippen molar-refractivity contribution in [2.45, 2.75) is 6.92 Å². The molecule has 46 valence electrons. The molecule has 0 aromatic heterocycles. The van der Waals surface area contributed by atoms with Crippen LogP contribution in [0, 0.1) is 0 Å². The van der Waals surface area contributed by atoms with Crippen LogP contribution in [0.4, 0.5) is 0 Å². The van der Waals surface area contributed by atoms with Crippen LogP contribution in [-0.2, 0) is 0 Å². The smallest absolute Gasteiger partial charge is 0.0839 e. The van der Waals surface area contributed by atoms with Gasteiger partial charge in [0.1, 0.15) is 0 Å². The number of hydrazone groups is 1. The highest BCUT2D eigenvalue weighted by Gasteiger charge is 1.65. The molecule has 0 heterocycles. The SMILES string of the molecule is C/C=C/S/C=N\NC. The van der Waals surface area contributed by atoms with Gasteiger partial charge in [0.25, 0.3) is 0 Å². The molecule has 0 atom stereocenters. The molecule has 0 saturated heterocycles. The summed E-state index contributed by atoms with van der Waals surface area (Å²) in [4.78, 5) is 0. The Balaban J connectivity index is 3.03. The van der Waals surface area contributed by atoms with Gasteiger partial charge in [0.05, 0.1) is 5.55 Å². The minimum Gasteiger partial charge on any atom is -0.313 e. The number of allylic oxidation sites excluding steroid dienone is 1. The van der Waals surface area contributed by atoms with Gasteiger partial charge in [-0.05, 0) is 12.3 Å². The summed E-state index contributed by atoms with van der Waals surface area (Å²) in [6, 6.07) is 0. The van der Waals surface area contributed by atoms with Crippen LogP contribution in [0.25, 0.3) is 0 Å². The van der Waals surface area contributed by atoms with Gasteiger partial charge in [-0.1, -0.05) is 17.8 Å². The lowest BCUT2D eigenvalue weighted by molar-refractivity contribution is 0.911. The fraction of sp³-hybridized carbons (Fsp3) is 0.400. The Kier molecular flexibility index (Phi) is 6.20. The average Bonchev–Trinajstić information content (AvgIpc) is 1.81. The highest BCUT2D eigenvalue weighted by molar-refractivity contribution is 8.14. The minimum atomic E-state index is 1.54. The van der Waals surface area contributed by atoms with Gasteiger partial charge in [-0.25, -0.2) is 0 Å². The molecule has 0 radical (unpaired) electrons. The van der Waals surface area contributed by atoms with E-state index >= 15 is 0 Å². The topological polar surface area (TPSA) is 24.4 Å². The second-order valence-electron chi connectivity index (χ2n) is 1.06. The number of nitrogens with one attached hydrogen (secondary N) is 1. The van der Waals surface area contributed by atoms with Crippen molar-refractivity contribution in [1.29, 1.82) is 0 Å². The quantitative estimate of drug-likeness (QED) is 0.355. The van der Waals surface area contributed by atoms with E-state index in [1.807, 2.05) is 18.4 Å². The van der Waals surface area contributed by atoms with Gasteiger partial charge in [0.2, 0.25) is 0 Å². The summed E-state index contributed by atoms with van der Waals surface area (Å²) in [5, 5.41) is 5.71. The maximum atomic E-state index is 3.75. The third kappa shape index (κ3) is 5.56. The predicted octanol–water partition coefficient (Wildman–Crippen LogP) is 1.42. The van der Waals surface area contributed by atoms with Gasteiger partial charge in [-0.2, -0.15) is 5.10 Å². The Labute approximate surface area is 54.0 Å². The molecule has 0 saturated carbocycles. The van der Waals surface area contributed by atoms with Crippen molar-refractivity contribution in [1.82, 2.24) is 5.43 Å². The summed E-state index contributed by atoms with van der Waals surface area (Å²) in [6.07, 6.45) is 1.96. The molecule has 0 bridgehead atoms. The van der Waals surface area contributed by atoms with E-state index in [-0.39, 0.29) is 0 Å². The van der Waals surface area contributed by atoms with Crippen molar-refractivity contribution in [3.63, 3.8) is 0 Å². The monoisotopic (exact) mass is 130 g/mol. The zero-order valence-corrected chi connectivity index (χ0v) is 5.90. The van der Waals surface area contributed by atoms with Crippen LogP contribution in [0.15, 0.2) is 16.6 Å². The number of thioether (sulfide) groups is 1. The van der Waals surface area contributed by atoms with Gasteiger partial charge >= 0.3 is 0 Å². The second-order valence-corrected chi connectivity index (χ2v) is 1.82. The first-order chi connectivity index (χ1) is 3.91. The number of rotatable bonds is 3. The molecule has 0 rings (SSSR count). The van der Waals surface area contributed by atoms with Crippen molar-refractivity contribution < 1.29 is 0 Å². The molecule has 0 aliphatic heterocycles. The lowest BCUT2D eigenvalue weighted by atomic mass is 10.8. The van der Waals surface area contributed by atoms with Crippen molar-refractivity contribution in [3.05, 3.63) is 11.5 Å². The van der Waals surface area contributed by atoms with Gasteiger partial charge in [0, 0.05) is 7.05 Å². The van der Waals surface area contributed by atoms with Gasteiger partial charge < -0.3 is 5.43 Å². The summed E-state index contributed by atoms with van der Waals surface area (Å²) in [7, 11) is 1.77. The van der Waals surface area contributed by atoms with Gasteiger partial charge in [0.15, 0.2) is 0 Å². The van der Waals surface area contributed by atoms with Crippen LogP contribution in [0.3, 0.4) is 0 Å². The highest BCUT2D eigenvalue weighted by atomic mass is 32.2. The van der Waals surface area contributed by atoms with E-state index in [0.717, 1.165) is 0 Å². The molecular formula is C5H10N2S. The van der Waals surface area contributed by atoms with Crippen molar-refractivity contribution in [3.8, 4) is 0 Å². The Hall–Kier alpha value is -0.440. The molecule has 0 fully saturated rings. The van der Waals surface area contributed by atoms with Gasteiger partial charge in [-0.3, -0.25) is 0 Å². The van der Waals surface area contributed by atoms with Crippen molar-refractivity contribution in [2.75, 3.05) is 7.05 Å². The Bertz CT molecular complexity index is 88.4. The minimum absolute atomic E-state index is 1.54. The molecule has 0 aromatic carbocycles. The summed E-state index contributed by atoms with van der Waals surface area (Å²) in [6.45, 7) is 1.97. The van der Waals surface area contributed by atoms with E-state index in [2.05, 4.69) is 10.5 Å². The number of hydrogen-bond acceptors (Lipinski definition) is 3. The highest BCUT2D eigenvalue weighted by Crippen LogP contribution is 1.93. The number of nitrogens with zero attached hydrogens (tertiary/aromatic N) is 1. The third-order valence-corrected chi connectivity index (χ3v) is 1.11. The van der Waals surface area contributed by atoms with E-state index in [0.29, 0.717) is 0 Å². The van der Waals surface area contributed by atoms with Crippen LogP contribution < -0.4 is 5.43 Å². The fourth-order valence-corrected chi connectivity index (χ4v) is 0.591. The van der Waals surface area contributed by atoms with E-state index < -0.39 is 0 Å². The average molecular weight is 130 g/mol. The maximum absolute atomic E-state index is 3.75. The van der Waals surface area contributed by atoms with E-state index in [1.54, 1.807) is 24.4 Å². The molecule has 0 aliphatic rings. The zero-order chi connectivity index (χ0) is 6.24. The standard InChI is InChI=1S/C5H10N2S/c1-3-4-8-5-7-6-2/h3-6H,1-2H3/b4-3+,7-5-. The molecule has 0 spiro atoms. The molecule has 0 amide bonds. The third-order valence-electron chi connectivity index (χ3n) is 0.457. The fourth-order valence-electron chi connectivity index (χ4n) is 0.197. The molecule has 1 N–H and O–H groups in total. The lowest BCUT2D eigenvalue weighted by Crippen LogP contribution is -1.90. The largest absolute Gasteiger partial charge is 0.313 e. The van der Waals surface area contributed by atoms with E-state index in [1.165, 1.54) is 0 Å². The maximum Gasteiger partial charge on any atom is 0.0839 e. The normalized spacial score (nSPS) is 11.2. The molecule has 3 heteroatoms. The Morgan fingerprint density at radius 3 is 2.88 bits per heavy atom. The Morgan fingerprint density at radius 2 is 2.38 bits per heavy atom. The number of hydrogen-bond donors (Lipinski definition) is 1. The summed E-state index contributed by atoms with van der Waals surface area (Å²) in [5.41, 5.74) is 4.38. The summed E-state index contributed by atoms with van der Waals surface area (Å²) < 4.78 is 0. The molecule has 2 nitrogen and oxygen atoms in total. The van der Waals surface area contributed by atoms with Crippen LogP contribution in [0.5, 0.6) is 0 Å². The van der Waals surface area contributed by atoms with Crippen LogP contribution in [0.2, 0.25) is 0 Å². The summed E-state index contributed by atoms with van der Waals surface area (Å²) >= 11 is 1.54. The Morgan fingerprint density at radius 1 is 1.62 bits per heavy atom. The van der Waals surface area contributed by atoms with Crippen LogP contribution in [-0.4, -0.2) is 12.6 Å². The molecule has 0 aliphatic carbocycles. The molecule has 8 heavy (non-hydrogen) atoms. The zero-order valence-electron chi connectivity index (χ0n) is 5.09. The van der Waals surface area contributed by atoms with Crippen LogP contribution >= 0.6 is 11.8 Å². The second kappa shape index (κ2) is 6.56. The van der Waals surface area contributed by atoms with Crippen molar-refractivity contribution >= 4 is 17.3 Å². The van der Waals surface area contributed by atoms with Crippen molar-refractivity contribution in [2.24, 2.45) is 5.10 Å². The van der Waals surface area contributed by atoms with E-state index in [4.69, 9.17) is 0 Å². The first-order valence-electron chi connectivity index (χ1n) is 2.36. The van der Waals surface area contributed by atoms with Crippen LogP contribution in [0.1, 0.15) is 6.92 Å². The first-order valence-corrected chi connectivity index (χ1v) is 3.31.